The lowest BCUT2D eigenvalue weighted by Crippen LogP contribution is -1.91. The molecule has 0 aromatic carbocycles. The zero-order chi connectivity index (χ0) is 14.2. The first kappa shape index (κ1) is 13.9. The van der Waals surface area contributed by atoms with Crippen molar-refractivity contribution in [3.63, 3.8) is 0 Å². The summed E-state index contributed by atoms with van der Waals surface area (Å²) in [6.07, 6.45) is 4.33. The van der Waals surface area contributed by atoms with Crippen LogP contribution in [0.1, 0.15) is 56.6 Å². The highest BCUT2D eigenvalue weighted by atomic mass is 14.8. The van der Waals surface area contributed by atoms with Gasteiger partial charge in [0.25, 0.3) is 0 Å². The first-order chi connectivity index (χ1) is 8.99. The molecule has 1 aromatic rings. The zero-order valence-corrected chi connectivity index (χ0v) is 12.9. The summed E-state index contributed by atoms with van der Waals surface area (Å²) in [5.41, 5.74) is 10.3. The monoisotopic (exact) mass is 256 g/mol. The van der Waals surface area contributed by atoms with Crippen LogP contribution in [0.15, 0.2) is 21.8 Å². The van der Waals surface area contributed by atoms with Crippen LogP contribution in [-0.2, 0) is 6.42 Å². The van der Waals surface area contributed by atoms with Gasteiger partial charge in [0.2, 0.25) is 0 Å². The fourth-order valence-corrected chi connectivity index (χ4v) is 3.05. The molecule has 0 saturated carbocycles. The van der Waals surface area contributed by atoms with E-state index in [4.69, 9.17) is 4.99 Å². The summed E-state index contributed by atoms with van der Waals surface area (Å²) in [6, 6.07) is 0. The van der Waals surface area contributed by atoms with Crippen LogP contribution in [0.4, 0.5) is 0 Å². The number of nitrogens with zero attached hydrogens (tertiary/aromatic N) is 1. The number of hydrogen-bond acceptors (Lipinski definition) is 1. The normalized spacial score (nSPS) is 17.6. The van der Waals surface area contributed by atoms with E-state index in [1.54, 1.807) is 0 Å². The van der Waals surface area contributed by atoms with Gasteiger partial charge in [0, 0.05) is 17.1 Å². The molecule has 1 aliphatic rings. The summed E-state index contributed by atoms with van der Waals surface area (Å²) < 4.78 is 0. The van der Waals surface area contributed by atoms with Crippen LogP contribution in [0.2, 0.25) is 0 Å². The van der Waals surface area contributed by atoms with E-state index in [0.717, 1.165) is 18.5 Å². The molecule has 2 rings (SSSR count). The molecule has 0 unspecified atom stereocenters. The van der Waals surface area contributed by atoms with Crippen LogP contribution in [0.3, 0.4) is 0 Å². The summed E-state index contributed by atoms with van der Waals surface area (Å²) in [4.78, 5) is 8.20. The van der Waals surface area contributed by atoms with E-state index >= 15 is 0 Å². The molecule has 2 heterocycles. The minimum atomic E-state index is 1.06. The van der Waals surface area contributed by atoms with Gasteiger partial charge in [-0.1, -0.05) is 13.8 Å². The molecule has 1 aromatic heterocycles. The van der Waals surface area contributed by atoms with Crippen molar-refractivity contribution in [2.24, 2.45) is 4.99 Å². The van der Waals surface area contributed by atoms with Crippen molar-refractivity contribution in [2.45, 2.75) is 54.4 Å². The van der Waals surface area contributed by atoms with Gasteiger partial charge in [-0.05, 0) is 68.9 Å². The third kappa shape index (κ3) is 2.32. The van der Waals surface area contributed by atoms with Gasteiger partial charge in [-0.2, -0.15) is 0 Å². The van der Waals surface area contributed by atoms with Crippen molar-refractivity contribution in [1.29, 1.82) is 0 Å². The van der Waals surface area contributed by atoms with Gasteiger partial charge in [0.15, 0.2) is 0 Å². The van der Waals surface area contributed by atoms with E-state index in [1.165, 1.54) is 39.4 Å². The molecular formula is C17H24N2. The number of hydrogen-bond donors (Lipinski definition) is 1. The van der Waals surface area contributed by atoms with Gasteiger partial charge < -0.3 is 4.98 Å². The maximum atomic E-state index is 4.71. The van der Waals surface area contributed by atoms with Crippen LogP contribution in [0, 0.1) is 13.8 Å². The molecule has 0 radical (unpaired) electrons. The van der Waals surface area contributed by atoms with Crippen LogP contribution in [-0.4, -0.2) is 10.7 Å². The van der Waals surface area contributed by atoms with Gasteiger partial charge >= 0.3 is 0 Å². The second kappa shape index (κ2) is 5.20. The molecular weight excluding hydrogens is 232 g/mol. The highest BCUT2D eigenvalue weighted by Gasteiger charge is 2.17. The third-order valence-electron chi connectivity index (χ3n) is 4.18. The Hall–Kier alpha value is -1.57. The van der Waals surface area contributed by atoms with Crippen molar-refractivity contribution < 1.29 is 0 Å². The van der Waals surface area contributed by atoms with Gasteiger partial charge in [0.1, 0.15) is 0 Å². The predicted molar refractivity (Wildman–Crippen MR) is 83.7 cm³/mol. The Morgan fingerprint density at radius 1 is 1.05 bits per heavy atom. The zero-order valence-electron chi connectivity index (χ0n) is 12.9. The number of rotatable bonds is 3. The average molecular weight is 256 g/mol. The van der Waals surface area contributed by atoms with Crippen molar-refractivity contribution in [2.75, 3.05) is 0 Å². The molecule has 0 aliphatic carbocycles. The highest BCUT2D eigenvalue weighted by Crippen LogP contribution is 2.30. The second-order valence-corrected chi connectivity index (χ2v) is 5.30. The van der Waals surface area contributed by atoms with Crippen molar-refractivity contribution in [1.82, 2.24) is 4.98 Å². The van der Waals surface area contributed by atoms with E-state index in [-0.39, 0.29) is 0 Å². The Morgan fingerprint density at radius 2 is 1.74 bits per heavy atom. The molecule has 102 valence electrons. The lowest BCUT2D eigenvalue weighted by molar-refractivity contribution is 1.08. The van der Waals surface area contributed by atoms with E-state index < -0.39 is 0 Å². The number of aromatic amines is 1. The van der Waals surface area contributed by atoms with E-state index in [1.807, 2.05) is 0 Å². The minimum Gasteiger partial charge on any atom is -0.359 e. The van der Waals surface area contributed by atoms with Gasteiger partial charge in [-0.25, -0.2) is 0 Å². The highest BCUT2D eigenvalue weighted by molar-refractivity contribution is 6.03. The maximum absolute atomic E-state index is 4.71. The van der Waals surface area contributed by atoms with Crippen LogP contribution >= 0.6 is 0 Å². The summed E-state index contributed by atoms with van der Waals surface area (Å²) in [7, 11) is 0. The van der Waals surface area contributed by atoms with Crippen LogP contribution in [0.5, 0.6) is 0 Å². The lowest BCUT2D eigenvalue weighted by atomic mass is 10.0. The SMILES string of the molecule is CCC1=C(C)/C(=C/c2[nH]c(C)c(CC)c2C)N=C1C. The summed E-state index contributed by atoms with van der Waals surface area (Å²) in [5, 5.41) is 0. The molecule has 19 heavy (non-hydrogen) atoms. The number of allylic oxidation sites excluding steroid dienone is 2. The Balaban J connectivity index is 2.47. The van der Waals surface area contributed by atoms with Crippen molar-refractivity contribution in [3.8, 4) is 0 Å². The van der Waals surface area contributed by atoms with E-state index in [9.17, 15) is 0 Å². The predicted octanol–water partition coefficient (Wildman–Crippen LogP) is 4.74. The van der Waals surface area contributed by atoms with Crippen LogP contribution in [0.25, 0.3) is 6.08 Å². The lowest BCUT2D eigenvalue weighted by Gasteiger charge is -2.00. The quantitative estimate of drug-likeness (QED) is 0.809. The molecule has 0 atom stereocenters. The molecule has 2 heteroatoms. The number of aryl methyl sites for hydroxylation is 1. The van der Waals surface area contributed by atoms with E-state index in [0.29, 0.717) is 0 Å². The Morgan fingerprint density at radius 3 is 2.21 bits per heavy atom. The topological polar surface area (TPSA) is 28.1 Å². The smallest absolute Gasteiger partial charge is 0.0686 e. The molecule has 0 fully saturated rings. The second-order valence-electron chi connectivity index (χ2n) is 5.30. The molecule has 1 N–H and O–H groups in total. The first-order valence-electron chi connectivity index (χ1n) is 7.15. The molecule has 0 spiro atoms. The Labute approximate surface area is 116 Å². The maximum Gasteiger partial charge on any atom is 0.0686 e. The molecule has 0 saturated heterocycles. The fraction of sp³-hybridized carbons (Fsp3) is 0.471. The summed E-state index contributed by atoms with van der Waals surface area (Å²) >= 11 is 0. The standard InChI is InChI=1S/C17H24N2/c1-7-14-10(3)16(18-12(14)5)9-17-11(4)15(8-2)13(6)19-17/h9,18H,7-8H2,1-6H3/b17-9-. The minimum absolute atomic E-state index is 1.06. The van der Waals surface area contributed by atoms with Crippen molar-refractivity contribution >= 4 is 11.8 Å². The number of aliphatic imine (C=N–C) groups is 1. The number of nitrogens with one attached hydrogen (secondary N) is 1. The Bertz CT molecular complexity index is 595. The van der Waals surface area contributed by atoms with Gasteiger partial charge in [0.05, 0.1) is 5.70 Å². The first-order valence-corrected chi connectivity index (χ1v) is 7.15. The molecule has 1 aliphatic heterocycles. The molecule has 2 nitrogen and oxygen atoms in total. The average Bonchev–Trinajstić information content (AvgIpc) is 2.78. The number of aromatic nitrogens is 1. The van der Waals surface area contributed by atoms with Crippen LogP contribution < -0.4 is 0 Å². The third-order valence-corrected chi connectivity index (χ3v) is 4.18. The van der Waals surface area contributed by atoms with Gasteiger partial charge in [-0.3, -0.25) is 4.99 Å². The molecule has 0 bridgehead atoms. The molecule has 0 amide bonds. The number of H-pyrrole nitrogens is 1. The summed E-state index contributed by atoms with van der Waals surface area (Å²) in [6.45, 7) is 13.0. The largest absolute Gasteiger partial charge is 0.359 e. The Kier molecular flexibility index (Phi) is 3.79. The summed E-state index contributed by atoms with van der Waals surface area (Å²) in [5.74, 6) is 0. The van der Waals surface area contributed by atoms with E-state index in [2.05, 4.69) is 52.6 Å². The van der Waals surface area contributed by atoms with Crippen molar-refractivity contribution in [3.05, 3.63) is 39.4 Å². The van der Waals surface area contributed by atoms with Gasteiger partial charge in [-0.15, -0.1) is 0 Å². The fourth-order valence-electron chi connectivity index (χ4n) is 3.05.